The van der Waals surface area contributed by atoms with Crippen LogP contribution in [0.25, 0.3) is 4.96 Å². The Bertz CT molecular complexity index is 948. The van der Waals surface area contributed by atoms with Crippen molar-refractivity contribution in [1.82, 2.24) is 19.5 Å². The van der Waals surface area contributed by atoms with Crippen LogP contribution in [0.2, 0.25) is 0 Å². The molecule has 8 nitrogen and oxygen atoms in total. The number of aromatic hydroxyl groups is 1. The summed E-state index contributed by atoms with van der Waals surface area (Å²) in [5, 5.41) is 15.2. The molecule has 1 aliphatic heterocycles. The van der Waals surface area contributed by atoms with Gasteiger partial charge in [0, 0.05) is 18.7 Å². The molecule has 0 spiro atoms. The fourth-order valence-corrected chi connectivity index (χ4v) is 4.65. The van der Waals surface area contributed by atoms with Crippen LogP contribution in [0.5, 0.6) is 17.4 Å². The summed E-state index contributed by atoms with van der Waals surface area (Å²) in [6, 6.07) is 5.59. The maximum absolute atomic E-state index is 10.9. The summed E-state index contributed by atoms with van der Waals surface area (Å²) >= 11 is 1.43. The quantitative estimate of drug-likeness (QED) is 0.715. The average molecular weight is 390 g/mol. The van der Waals surface area contributed by atoms with Gasteiger partial charge in [-0.15, -0.1) is 5.10 Å². The molecule has 0 radical (unpaired) electrons. The van der Waals surface area contributed by atoms with E-state index in [2.05, 4.69) is 15.0 Å². The van der Waals surface area contributed by atoms with Gasteiger partial charge in [0.05, 0.1) is 38.4 Å². The predicted octanol–water partition coefficient (Wildman–Crippen LogP) is 2.24. The zero-order valence-corrected chi connectivity index (χ0v) is 16.3. The summed E-state index contributed by atoms with van der Waals surface area (Å²) in [5.41, 5.74) is 0.926. The molecule has 2 aromatic heterocycles. The maximum atomic E-state index is 10.9. The monoisotopic (exact) mass is 390 g/mol. The van der Waals surface area contributed by atoms with Crippen molar-refractivity contribution in [3.05, 3.63) is 34.5 Å². The van der Waals surface area contributed by atoms with Gasteiger partial charge in [0.2, 0.25) is 10.8 Å². The highest BCUT2D eigenvalue weighted by Gasteiger charge is 2.33. The Morgan fingerprint density at radius 3 is 2.67 bits per heavy atom. The number of fused-ring (bicyclic) bond motifs is 1. The molecule has 1 aliphatic rings. The van der Waals surface area contributed by atoms with Crippen molar-refractivity contribution >= 4 is 16.3 Å². The van der Waals surface area contributed by atoms with E-state index in [-0.39, 0.29) is 11.9 Å². The van der Waals surface area contributed by atoms with Crippen molar-refractivity contribution in [3.8, 4) is 17.4 Å². The first-order chi connectivity index (χ1) is 13.1. The van der Waals surface area contributed by atoms with Gasteiger partial charge in [0.1, 0.15) is 5.82 Å². The first-order valence-corrected chi connectivity index (χ1v) is 9.53. The minimum Gasteiger partial charge on any atom is -0.493 e. The zero-order valence-electron chi connectivity index (χ0n) is 15.5. The molecule has 1 N–H and O–H groups in total. The van der Waals surface area contributed by atoms with Gasteiger partial charge in [-0.05, 0) is 13.0 Å². The van der Waals surface area contributed by atoms with Crippen LogP contribution in [0.4, 0.5) is 0 Å². The minimum absolute atomic E-state index is 0.108. The van der Waals surface area contributed by atoms with Crippen molar-refractivity contribution in [2.75, 3.05) is 40.5 Å². The van der Waals surface area contributed by atoms with Gasteiger partial charge in [0.25, 0.3) is 0 Å². The second-order valence-corrected chi connectivity index (χ2v) is 7.29. The van der Waals surface area contributed by atoms with E-state index in [0.29, 0.717) is 35.5 Å². The van der Waals surface area contributed by atoms with E-state index in [1.54, 1.807) is 14.2 Å². The molecule has 3 heterocycles. The topological polar surface area (TPSA) is 81.4 Å². The number of rotatable bonds is 5. The van der Waals surface area contributed by atoms with Crippen molar-refractivity contribution in [2.24, 2.45) is 0 Å². The van der Waals surface area contributed by atoms with Crippen molar-refractivity contribution in [1.29, 1.82) is 0 Å². The van der Waals surface area contributed by atoms with E-state index in [9.17, 15) is 5.11 Å². The Morgan fingerprint density at radius 1 is 1.22 bits per heavy atom. The Hall–Kier alpha value is -2.36. The Morgan fingerprint density at radius 2 is 2.00 bits per heavy atom. The van der Waals surface area contributed by atoms with Gasteiger partial charge in [-0.25, -0.2) is 4.98 Å². The number of para-hydroxylation sites is 1. The third-order valence-electron chi connectivity index (χ3n) is 4.69. The van der Waals surface area contributed by atoms with E-state index >= 15 is 0 Å². The number of aryl methyl sites for hydroxylation is 1. The molecule has 1 atom stereocenters. The average Bonchev–Trinajstić information content (AvgIpc) is 3.20. The van der Waals surface area contributed by atoms with Crippen LogP contribution in [-0.2, 0) is 4.74 Å². The largest absolute Gasteiger partial charge is 0.493 e. The van der Waals surface area contributed by atoms with Gasteiger partial charge in [0.15, 0.2) is 11.5 Å². The summed E-state index contributed by atoms with van der Waals surface area (Å²) < 4.78 is 18.2. The van der Waals surface area contributed by atoms with Crippen molar-refractivity contribution in [3.63, 3.8) is 0 Å². The summed E-state index contributed by atoms with van der Waals surface area (Å²) in [4.78, 5) is 8.12. The van der Waals surface area contributed by atoms with E-state index in [1.807, 2.05) is 25.1 Å². The molecule has 1 saturated heterocycles. The summed E-state index contributed by atoms with van der Waals surface area (Å²) in [6.07, 6.45) is 0. The van der Waals surface area contributed by atoms with Crippen LogP contribution in [-0.4, -0.2) is 65.1 Å². The second kappa shape index (κ2) is 7.34. The van der Waals surface area contributed by atoms with Gasteiger partial charge >= 0.3 is 0 Å². The normalized spacial score (nSPS) is 16.6. The maximum Gasteiger partial charge on any atom is 0.230 e. The number of aromatic nitrogens is 3. The number of morpholine rings is 1. The zero-order chi connectivity index (χ0) is 19.0. The molecule has 0 amide bonds. The van der Waals surface area contributed by atoms with Crippen LogP contribution in [0.3, 0.4) is 0 Å². The smallest absolute Gasteiger partial charge is 0.230 e. The first-order valence-electron chi connectivity index (χ1n) is 8.71. The Balaban J connectivity index is 1.89. The van der Waals surface area contributed by atoms with E-state index in [0.717, 1.165) is 23.5 Å². The second-order valence-electron chi connectivity index (χ2n) is 6.28. The molecular formula is C18H22N4O4S. The van der Waals surface area contributed by atoms with Crippen molar-refractivity contribution in [2.45, 2.75) is 13.0 Å². The first kappa shape index (κ1) is 18.0. The highest BCUT2D eigenvalue weighted by Crippen LogP contribution is 2.45. The summed E-state index contributed by atoms with van der Waals surface area (Å²) in [5.74, 6) is 2.05. The lowest BCUT2D eigenvalue weighted by Gasteiger charge is -2.34. The number of nitrogens with zero attached hydrogens (tertiary/aromatic N) is 4. The molecular weight excluding hydrogens is 368 g/mol. The molecule has 4 rings (SSSR count). The van der Waals surface area contributed by atoms with Gasteiger partial charge < -0.3 is 19.3 Å². The van der Waals surface area contributed by atoms with Crippen LogP contribution in [0.1, 0.15) is 22.3 Å². The molecule has 0 aliphatic carbocycles. The predicted molar refractivity (Wildman–Crippen MR) is 101 cm³/mol. The van der Waals surface area contributed by atoms with E-state index in [4.69, 9.17) is 14.2 Å². The third-order valence-corrected chi connectivity index (χ3v) is 5.77. The number of hydrogen-bond donors (Lipinski definition) is 1. The van der Waals surface area contributed by atoms with Crippen molar-refractivity contribution < 1.29 is 19.3 Å². The number of ether oxygens (including phenoxy) is 3. The Labute approximate surface area is 160 Å². The third kappa shape index (κ3) is 3.11. The molecule has 0 saturated carbocycles. The molecule has 0 bridgehead atoms. The van der Waals surface area contributed by atoms with Crippen LogP contribution in [0, 0.1) is 6.92 Å². The molecule has 144 valence electrons. The molecule has 9 heteroatoms. The van der Waals surface area contributed by atoms with E-state index < -0.39 is 0 Å². The highest BCUT2D eigenvalue weighted by molar-refractivity contribution is 7.17. The van der Waals surface area contributed by atoms with E-state index in [1.165, 1.54) is 15.9 Å². The van der Waals surface area contributed by atoms with Gasteiger partial charge in [-0.3, -0.25) is 4.90 Å². The summed E-state index contributed by atoms with van der Waals surface area (Å²) in [6.45, 7) is 4.59. The number of hydrogen-bond acceptors (Lipinski definition) is 8. The SMILES string of the molecule is COc1cccc(C(c2sc3nc(C)nn3c2O)N2CCOCC2)c1OC. The lowest BCUT2D eigenvalue weighted by atomic mass is 10.0. The van der Waals surface area contributed by atoms with Crippen LogP contribution in [0.15, 0.2) is 18.2 Å². The summed E-state index contributed by atoms with van der Waals surface area (Å²) in [7, 11) is 3.25. The minimum atomic E-state index is -0.215. The standard InChI is InChI=1S/C18H22N4O4S/c1-11-19-18-22(20-11)17(23)16(27-18)14(21-7-9-26-10-8-21)12-5-4-6-13(24-2)15(12)25-3/h4-6,14,23H,7-10H2,1-3H3. The highest BCUT2D eigenvalue weighted by atomic mass is 32.1. The molecule has 1 unspecified atom stereocenters. The number of benzene rings is 1. The number of thiazole rings is 1. The molecule has 1 aromatic carbocycles. The lowest BCUT2D eigenvalue weighted by molar-refractivity contribution is 0.0236. The molecule has 27 heavy (non-hydrogen) atoms. The fraction of sp³-hybridized carbons (Fsp3) is 0.444. The Kier molecular flexibility index (Phi) is 4.90. The van der Waals surface area contributed by atoms with Gasteiger partial charge in [-0.2, -0.15) is 4.52 Å². The molecule has 3 aromatic rings. The lowest BCUT2D eigenvalue weighted by Crippen LogP contribution is -2.39. The van der Waals surface area contributed by atoms with Gasteiger partial charge in [-0.1, -0.05) is 23.5 Å². The molecule has 1 fully saturated rings. The number of methoxy groups -OCH3 is 2. The van der Waals surface area contributed by atoms with Crippen LogP contribution >= 0.6 is 11.3 Å². The van der Waals surface area contributed by atoms with Crippen LogP contribution < -0.4 is 9.47 Å². The fourth-order valence-electron chi connectivity index (χ4n) is 3.49.